The third-order valence-corrected chi connectivity index (χ3v) is 2.65. The number of nitrogens with two attached hydrogens (primary N) is 1. The summed E-state index contributed by atoms with van der Waals surface area (Å²) in [6, 6.07) is 8.58. The predicted molar refractivity (Wildman–Crippen MR) is 68.1 cm³/mol. The summed E-state index contributed by atoms with van der Waals surface area (Å²) in [6.07, 6.45) is -4.75. The molecule has 0 fully saturated rings. The van der Waals surface area contributed by atoms with Gasteiger partial charge in [-0.25, -0.2) is 0 Å². The first-order valence-electron chi connectivity index (χ1n) is 5.76. The Labute approximate surface area is 117 Å². The molecule has 0 atom stereocenters. The average molecular weight is 297 g/mol. The van der Waals surface area contributed by atoms with Crippen molar-refractivity contribution in [3.05, 3.63) is 53.6 Å². The summed E-state index contributed by atoms with van der Waals surface area (Å²) >= 11 is 0. The van der Waals surface area contributed by atoms with E-state index in [4.69, 9.17) is 10.5 Å². The van der Waals surface area contributed by atoms with E-state index in [2.05, 4.69) is 0 Å². The van der Waals surface area contributed by atoms with Gasteiger partial charge in [-0.1, -0.05) is 12.1 Å². The van der Waals surface area contributed by atoms with Gasteiger partial charge in [0.25, 0.3) is 0 Å². The smallest absolute Gasteiger partial charge is 0.417 e. The molecule has 0 radical (unpaired) electrons. The van der Waals surface area contributed by atoms with Crippen LogP contribution < -0.4 is 10.5 Å². The van der Waals surface area contributed by atoms with Crippen molar-refractivity contribution in [2.45, 2.75) is 6.18 Å². The Morgan fingerprint density at radius 3 is 2.38 bits per heavy atom. The molecule has 0 saturated heterocycles. The zero-order chi connectivity index (χ0) is 15.6. The number of para-hydroxylation sites is 2. The van der Waals surface area contributed by atoms with E-state index < -0.39 is 23.2 Å². The predicted octanol–water partition coefficient (Wildman–Crippen LogP) is 3.30. The number of halogens is 3. The van der Waals surface area contributed by atoms with Crippen LogP contribution in [0, 0.1) is 0 Å². The van der Waals surface area contributed by atoms with Crippen molar-refractivity contribution < 1.29 is 27.8 Å². The lowest BCUT2D eigenvalue weighted by atomic mass is 10.1. The van der Waals surface area contributed by atoms with Crippen molar-refractivity contribution in [1.29, 1.82) is 0 Å². The first-order chi connectivity index (χ1) is 9.79. The summed E-state index contributed by atoms with van der Waals surface area (Å²) in [5.41, 5.74) is 3.08. The Morgan fingerprint density at radius 2 is 1.81 bits per heavy atom. The molecule has 0 bridgehead atoms. The molecule has 2 aromatic carbocycles. The molecule has 1 amide bonds. The van der Waals surface area contributed by atoms with E-state index in [1.165, 1.54) is 18.2 Å². The molecule has 3 N–H and O–H groups in total. The normalized spacial score (nSPS) is 11.2. The second-order valence-corrected chi connectivity index (χ2v) is 4.14. The summed E-state index contributed by atoms with van der Waals surface area (Å²) in [5.74, 6) is -1.58. The number of rotatable bonds is 3. The van der Waals surface area contributed by atoms with E-state index in [9.17, 15) is 23.1 Å². The fourth-order valence-corrected chi connectivity index (χ4v) is 1.71. The van der Waals surface area contributed by atoms with Crippen LogP contribution in [0.1, 0.15) is 15.9 Å². The van der Waals surface area contributed by atoms with E-state index in [0.717, 1.165) is 6.07 Å². The Balaban J connectivity index is 2.43. The van der Waals surface area contributed by atoms with Gasteiger partial charge in [0.1, 0.15) is 5.75 Å². The van der Waals surface area contributed by atoms with Crippen LogP contribution in [-0.4, -0.2) is 11.0 Å². The van der Waals surface area contributed by atoms with Crippen molar-refractivity contribution in [1.82, 2.24) is 0 Å². The number of primary amides is 1. The van der Waals surface area contributed by atoms with E-state index in [0.29, 0.717) is 6.07 Å². The average Bonchev–Trinajstić information content (AvgIpc) is 2.40. The van der Waals surface area contributed by atoms with Crippen LogP contribution in [0.5, 0.6) is 17.2 Å². The van der Waals surface area contributed by atoms with Gasteiger partial charge in [0.2, 0.25) is 5.91 Å². The van der Waals surface area contributed by atoms with Gasteiger partial charge in [0, 0.05) is 0 Å². The van der Waals surface area contributed by atoms with Gasteiger partial charge in [-0.05, 0) is 30.3 Å². The van der Waals surface area contributed by atoms with Crippen molar-refractivity contribution in [2.75, 3.05) is 0 Å². The molecular weight excluding hydrogens is 287 g/mol. The topological polar surface area (TPSA) is 72.6 Å². The van der Waals surface area contributed by atoms with Gasteiger partial charge in [-0.15, -0.1) is 0 Å². The fraction of sp³-hybridized carbons (Fsp3) is 0.0714. The highest BCUT2D eigenvalue weighted by molar-refractivity contribution is 5.94. The summed E-state index contributed by atoms with van der Waals surface area (Å²) in [7, 11) is 0. The number of alkyl halides is 3. The standard InChI is InChI=1S/C14H10F3NO3/c15-14(16,17)10-7-8(5-6-9(10)13(18)20)21-12-4-2-1-3-11(12)19/h1-7,19H,(H2,18,20). The lowest BCUT2D eigenvalue weighted by Crippen LogP contribution is -2.18. The van der Waals surface area contributed by atoms with Gasteiger partial charge in [-0.3, -0.25) is 4.79 Å². The Kier molecular flexibility index (Phi) is 3.75. The lowest BCUT2D eigenvalue weighted by molar-refractivity contribution is -0.138. The summed E-state index contributed by atoms with van der Waals surface area (Å²) < 4.78 is 43.9. The second-order valence-electron chi connectivity index (χ2n) is 4.14. The maximum atomic E-state index is 12.9. The number of hydrogen-bond donors (Lipinski definition) is 2. The van der Waals surface area contributed by atoms with Crippen LogP contribution in [-0.2, 0) is 6.18 Å². The molecule has 2 aromatic rings. The van der Waals surface area contributed by atoms with Crippen molar-refractivity contribution in [3.8, 4) is 17.2 Å². The first-order valence-corrected chi connectivity index (χ1v) is 5.76. The van der Waals surface area contributed by atoms with E-state index >= 15 is 0 Å². The van der Waals surface area contributed by atoms with Crippen LogP contribution in [0.15, 0.2) is 42.5 Å². The highest BCUT2D eigenvalue weighted by Crippen LogP contribution is 2.36. The largest absolute Gasteiger partial charge is 0.504 e. The number of benzene rings is 2. The summed E-state index contributed by atoms with van der Waals surface area (Å²) in [4.78, 5) is 11.0. The third kappa shape index (κ3) is 3.25. The zero-order valence-electron chi connectivity index (χ0n) is 10.5. The van der Waals surface area contributed by atoms with Crippen LogP contribution in [0.3, 0.4) is 0 Å². The molecule has 0 aliphatic carbocycles. The van der Waals surface area contributed by atoms with Crippen LogP contribution in [0.2, 0.25) is 0 Å². The number of ether oxygens (including phenoxy) is 1. The monoisotopic (exact) mass is 297 g/mol. The van der Waals surface area contributed by atoms with E-state index in [-0.39, 0.29) is 17.2 Å². The molecule has 0 aromatic heterocycles. The molecule has 0 heterocycles. The minimum Gasteiger partial charge on any atom is -0.504 e. The minimum absolute atomic E-state index is 0.00236. The number of amides is 1. The highest BCUT2D eigenvalue weighted by atomic mass is 19.4. The number of phenolic OH excluding ortho intramolecular Hbond substituents is 1. The van der Waals surface area contributed by atoms with Gasteiger partial charge >= 0.3 is 6.18 Å². The SMILES string of the molecule is NC(=O)c1ccc(Oc2ccccc2O)cc1C(F)(F)F. The molecule has 110 valence electrons. The number of carbonyl (C=O) groups is 1. The second kappa shape index (κ2) is 5.35. The fourth-order valence-electron chi connectivity index (χ4n) is 1.71. The molecule has 4 nitrogen and oxygen atoms in total. The molecular formula is C14H10F3NO3. The molecule has 21 heavy (non-hydrogen) atoms. The molecule has 2 rings (SSSR count). The third-order valence-electron chi connectivity index (χ3n) is 2.65. The number of carbonyl (C=O) groups excluding carboxylic acids is 1. The molecule has 7 heteroatoms. The van der Waals surface area contributed by atoms with Crippen molar-refractivity contribution in [3.63, 3.8) is 0 Å². The molecule has 0 aliphatic rings. The Bertz CT molecular complexity index is 683. The van der Waals surface area contributed by atoms with Gasteiger partial charge in [-0.2, -0.15) is 13.2 Å². The van der Waals surface area contributed by atoms with Crippen LogP contribution in [0.4, 0.5) is 13.2 Å². The Morgan fingerprint density at radius 1 is 1.14 bits per heavy atom. The first kappa shape index (κ1) is 14.7. The summed E-state index contributed by atoms with van der Waals surface area (Å²) in [6.45, 7) is 0. The molecule has 0 spiro atoms. The van der Waals surface area contributed by atoms with Crippen molar-refractivity contribution >= 4 is 5.91 Å². The minimum atomic E-state index is -4.75. The summed E-state index contributed by atoms with van der Waals surface area (Å²) in [5, 5.41) is 9.52. The van der Waals surface area contributed by atoms with Crippen molar-refractivity contribution in [2.24, 2.45) is 5.73 Å². The maximum absolute atomic E-state index is 12.9. The lowest BCUT2D eigenvalue weighted by Gasteiger charge is -2.13. The molecule has 0 unspecified atom stereocenters. The van der Waals surface area contributed by atoms with Crippen LogP contribution in [0.25, 0.3) is 0 Å². The van der Waals surface area contributed by atoms with Gasteiger partial charge in [0.15, 0.2) is 11.5 Å². The molecule has 0 saturated carbocycles. The number of phenols is 1. The Hall–Kier alpha value is -2.70. The number of hydrogen-bond acceptors (Lipinski definition) is 3. The zero-order valence-corrected chi connectivity index (χ0v) is 10.5. The molecule has 0 aliphatic heterocycles. The quantitative estimate of drug-likeness (QED) is 0.913. The number of aromatic hydroxyl groups is 1. The van der Waals surface area contributed by atoms with Crippen LogP contribution >= 0.6 is 0 Å². The van der Waals surface area contributed by atoms with Gasteiger partial charge in [0.05, 0.1) is 11.1 Å². The van der Waals surface area contributed by atoms with Gasteiger partial charge < -0.3 is 15.6 Å². The highest BCUT2D eigenvalue weighted by Gasteiger charge is 2.35. The van der Waals surface area contributed by atoms with E-state index in [1.54, 1.807) is 12.1 Å². The maximum Gasteiger partial charge on any atom is 0.417 e. The van der Waals surface area contributed by atoms with E-state index in [1.807, 2.05) is 0 Å².